The van der Waals surface area contributed by atoms with Crippen LogP contribution in [0.1, 0.15) is 36.1 Å². The lowest BCUT2D eigenvalue weighted by Crippen LogP contribution is -2.19. The maximum absolute atomic E-state index is 11.4. The van der Waals surface area contributed by atoms with Crippen molar-refractivity contribution in [3.8, 4) is 6.07 Å². The molecule has 0 radical (unpaired) electrons. The van der Waals surface area contributed by atoms with Gasteiger partial charge in [0.2, 0.25) is 5.91 Å². The minimum absolute atomic E-state index is 0.0240. The van der Waals surface area contributed by atoms with E-state index >= 15 is 0 Å². The number of anilines is 2. The van der Waals surface area contributed by atoms with Gasteiger partial charge in [0, 0.05) is 30.3 Å². The summed E-state index contributed by atoms with van der Waals surface area (Å²) in [5.74, 6) is 0.0240. The Labute approximate surface area is 144 Å². The molecule has 0 aromatic heterocycles. The topological polar surface area (TPSA) is 108 Å². The fourth-order valence-corrected chi connectivity index (χ4v) is 2.85. The zero-order valence-electron chi connectivity index (χ0n) is 13.6. The molecule has 7 heteroatoms. The third-order valence-electron chi connectivity index (χ3n) is 4.23. The third-order valence-corrected chi connectivity index (χ3v) is 4.23. The Morgan fingerprint density at radius 1 is 1.28 bits per heavy atom. The van der Waals surface area contributed by atoms with Crippen molar-refractivity contribution in [1.82, 2.24) is 0 Å². The highest BCUT2D eigenvalue weighted by molar-refractivity contribution is 5.93. The van der Waals surface area contributed by atoms with Crippen molar-refractivity contribution < 1.29 is 9.72 Å². The standard InChI is InChI=1S/C18H16N4O3/c1-11(12-2-5-16-13(8-12)3-7-18(23)21-16)20-17-6-4-15(22(24)25)9-14(17)10-19/h2,4-6,8-9,11,20H,3,7H2,1H3,(H,21,23)/t11-/m0/s1. The molecule has 0 spiro atoms. The van der Waals surface area contributed by atoms with Crippen LogP contribution >= 0.6 is 0 Å². The molecule has 0 aliphatic carbocycles. The number of carbonyl (C=O) groups excluding carboxylic acids is 1. The van der Waals surface area contributed by atoms with Crippen molar-refractivity contribution in [2.24, 2.45) is 0 Å². The van der Waals surface area contributed by atoms with Gasteiger partial charge in [-0.1, -0.05) is 12.1 Å². The van der Waals surface area contributed by atoms with Crippen LogP contribution < -0.4 is 10.6 Å². The minimum atomic E-state index is -0.522. The molecule has 1 amide bonds. The van der Waals surface area contributed by atoms with E-state index in [0.717, 1.165) is 16.8 Å². The predicted molar refractivity (Wildman–Crippen MR) is 93.2 cm³/mol. The molecule has 3 rings (SSSR count). The lowest BCUT2D eigenvalue weighted by Gasteiger charge is -2.21. The van der Waals surface area contributed by atoms with Crippen molar-refractivity contribution in [3.05, 3.63) is 63.2 Å². The number of amides is 1. The number of nitro benzene ring substituents is 1. The molecule has 0 saturated heterocycles. The van der Waals surface area contributed by atoms with E-state index in [4.69, 9.17) is 0 Å². The first-order valence-corrected chi connectivity index (χ1v) is 7.85. The normalized spacial score (nSPS) is 14.0. The quantitative estimate of drug-likeness (QED) is 0.656. The molecule has 0 unspecified atom stereocenters. The van der Waals surface area contributed by atoms with Gasteiger partial charge < -0.3 is 10.6 Å². The molecule has 2 aromatic rings. The van der Waals surface area contributed by atoms with Crippen LogP contribution in [0.5, 0.6) is 0 Å². The van der Waals surface area contributed by atoms with E-state index in [1.807, 2.05) is 31.2 Å². The smallest absolute Gasteiger partial charge is 0.270 e. The zero-order chi connectivity index (χ0) is 18.0. The van der Waals surface area contributed by atoms with Gasteiger partial charge in [-0.2, -0.15) is 5.26 Å². The number of fused-ring (bicyclic) bond motifs is 1. The van der Waals surface area contributed by atoms with Crippen LogP contribution in [0.4, 0.5) is 17.1 Å². The van der Waals surface area contributed by atoms with Crippen LogP contribution in [0.2, 0.25) is 0 Å². The number of carbonyl (C=O) groups is 1. The predicted octanol–water partition coefficient (Wildman–Crippen LogP) is 3.52. The Hall–Kier alpha value is -3.40. The molecule has 0 saturated carbocycles. The van der Waals surface area contributed by atoms with Gasteiger partial charge in [-0.3, -0.25) is 14.9 Å². The second-order valence-electron chi connectivity index (χ2n) is 5.93. The van der Waals surface area contributed by atoms with Crippen LogP contribution in [-0.2, 0) is 11.2 Å². The molecule has 1 aliphatic rings. The summed E-state index contributed by atoms with van der Waals surface area (Å²) < 4.78 is 0. The highest BCUT2D eigenvalue weighted by Crippen LogP contribution is 2.29. The average molecular weight is 336 g/mol. The number of benzene rings is 2. The number of nitriles is 1. The number of nitrogens with zero attached hydrogens (tertiary/aromatic N) is 2. The number of non-ortho nitro benzene ring substituents is 1. The molecule has 7 nitrogen and oxygen atoms in total. The van der Waals surface area contributed by atoms with Crippen molar-refractivity contribution in [3.63, 3.8) is 0 Å². The Balaban J connectivity index is 1.83. The SMILES string of the molecule is C[C@H](Nc1ccc([N+](=O)[O-])cc1C#N)c1ccc2c(c1)CCC(=O)N2. The number of hydrogen-bond donors (Lipinski definition) is 2. The second-order valence-corrected chi connectivity index (χ2v) is 5.93. The maximum atomic E-state index is 11.4. The van der Waals surface area contributed by atoms with Crippen molar-refractivity contribution >= 4 is 23.0 Å². The van der Waals surface area contributed by atoms with E-state index in [9.17, 15) is 20.2 Å². The molecular formula is C18H16N4O3. The van der Waals surface area contributed by atoms with Gasteiger partial charge in [-0.15, -0.1) is 0 Å². The van der Waals surface area contributed by atoms with E-state index in [2.05, 4.69) is 10.6 Å². The summed E-state index contributed by atoms with van der Waals surface area (Å²) in [7, 11) is 0. The monoisotopic (exact) mass is 336 g/mol. The molecule has 25 heavy (non-hydrogen) atoms. The second kappa shape index (κ2) is 6.61. The highest BCUT2D eigenvalue weighted by atomic mass is 16.6. The third kappa shape index (κ3) is 3.43. The van der Waals surface area contributed by atoms with E-state index in [-0.39, 0.29) is 23.2 Å². The molecule has 1 aliphatic heterocycles. The number of nitro groups is 1. The van der Waals surface area contributed by atoms with Crippen LogP contribution in [0, 0.1) is 21.4 Å². The van der Waals surface area contributed by atoms with E-state index in [0.29, 0.717) is 18.5 Å². The van der Waals surface area contributed by atoms with Gasteiger partial charge in [0.25, 0.3) is 5.69 Å². The van der Waals surface area contributed by atoms with Crippen LogP contribution in [0.25, 0.3) is 0 Å². The molecule has 0 fully saturated rings. The van der Waals surface area contributed by atoms with Gasteiger partial charge in [-0.25, -0.2) is 0 Å². The molecule has 126 valence electrons. The lowest BCUT2D eigenvalue weighted by molar-refractivity contribution is -0.384. The van der Waals surface area contributed by atoms with Crippen molar-refractivity contribution in [1.29, 1.82) is 5.26 Å². The van der Waals surface area contributed by atoms with Gasteiger partial charge in [0.05, 0.1) is 16.2 Å². The number of nitrogens with one attached hydrogen (secondary N) is 2. The van der Waals surface area contributed by atoms with Crippen LogP contribution in [0.15, 0.2) is 36.4 Å². The van der Waals surface area contributed by atoms with Gasteiger partial charge in [0.1, 0.15) is 6.07 Å². The zero-order valence-corrected chi connectivity index (χ0v) is 13.6. The van der Waals surface area contributed by atoms with Crippen LogP contribution in [0.3, 0.4) is 0 Å². The Morgan fingerprint density at radius 2 is 2.08 bits per heavy atom. The molecular weight excluding hydrogens is 320 g/mol. The first-order valence-electron chi connectivity index (χ1n) is 7.85. The lowest BCUT2D eigenvalue weighted by atomic mass is 9.97. The molecule has 2 N–H and O–H groups in total. The number of rotatable bonds is 4. The van der Waals surface area contributed by atoms with Crippen LogP contribution in [-0.4, -0.2) is 10.8 Å². The highest BCUT2D eigenvalue weighted by Gasteiger charge is 2.17. The first kappa shape index (κ1) is 16.5. The van der Waals surface area contributed by atoms with E-state index in [1.165, 1.54) is 12.1 Å². The van der Waals surface area contributed by atoms with Crippen molar-refractivity contribution in [2.75, 3.05) is 10.6 Å². The summed E-state index contributed by atoms with van der Waals surface area (Å²) >= 11 is 0. The summed E-state index contributed by atoms with van der Waals surface area (Å²) in [5, 5.41) is 26.1. The fourth-order valence-electron chi connectivity index (χ4n) is 2.85. The largest absolute Gasteiger partial charge is 0.377 e. The summed E-state index contributed by atoms with van der Waals surface area (Å²) in [6.45, 7) is 1.95. The van der Waals surface area contributed by atoms with Gasteiger partial charge in [0.15, 0.2) is 0 Å². The summed E-state index contributed by atoms with van der Waals surface area (Å²) in [4.78, 5) is 21.7. The fraction of sp³-hybridized carbons (Fsp3) is 0.222. The molecule has 0 bridgehead atoms. The summed E-state index contributed by atoms with van der Waals surface area (Å²) in [6, 6.07) is 11.9. The molecule has 2 aromatic carbocycles. The molecule has 1 heterocycles. The van der Waals surface area contributed by atoms with Gasteiger partial charge >= 0.3 is 0 Å². The molecule has 1 atom stereocenters. The summed E-state index contributed by atoms with van der Waals surface area (Å²) in [6.07, 6.45) is 1.17. The van der Waals surface area contributed by atoms with Gasteiger partial charge in [-0.05, 0) is 36.6 Å². The summed E-state index contributed by atoms with van der Waals surface area (Å²) in [5.41, 5.74) is 3.59. The van der Waals surface area contributed by atoms with Crippen molar-refractivity contribution in [2.45, 2.75) is 25.8 Å². The van der Waals surface area contributed by atoms with E-state index in [1.54, 1.807) is 6.07 Å². The average Bonchev–Trinajstić information content (AvgIpc) is 2.61. The minimum Gasteiger partial charge on any atom is -0.377 e. The van der Waals surface area contributed by atoms with E-state index < -0.39 is 4.92 Å². The Kier molecular flexibility index (Phi) is 4.35. The maximum Gasteiger partial charge on any atom is 0.270 e. The Morgan fingerprint density at radius 3 is 2.80 bits per heavy atom. The number of hydrogen-bond acceptors (Lipinski definition) is 5. The first-order chi connectivity index (χ1) is 12.0. The number of aryl methyl sites for hydroxylation is 1. The Bertz CT molecular complexity index is 902.